The Labute approximate surface area is 105 Å². The van der Waals surface area contributed by atoms with E-state index in [2.05, 4.69) is 28.9 Å². The van der Waals surface area contributed by atoms with E-state index in [9.17, 15) is 0 Å². The highest BCUT2D eigenvalue weighted by atomic mass is 79.9. The molecule has 4 heteroatoms. The fourth-order valence-corrected chi connectivity index (χ4v) is 2.18. The summed E-state index contributed by atoms with van der Waals surface area (Å²) in [5, 5.41) is 0. The summed E-state index contributed by atoms with van der Waals surface area (Å²) in [5.41, 5.74) is 6.71. The molecule has 0 amide bonds. The lowest BCUT2D eigenvalue weighted by molar-refractivity contribution is 0.349. The van der Waals surface area contributed by atoms with Crippen LogP contribution in [0.4, 0.5) is 0 Å². The van der Waals surface area contributed by atoms with Crippen molar-refractivity contribution in [2.45, 2.75) is 19.3 Å². The summed E-state index contributed by atoms with van der Waals surface area (Å²) in [7, 11) is 3.30. The van der Waals surface area contributed by atoms with E-state index in [1.54, 1.807) is 14.2 Å². The summed E-state index contributed by atoms with van der Waals surface area (Å²) in [6, 6.07) is 3.96. The van der Waals surface area contributed by atoms with Crippen LogP contribution in [0.1, 0.15) is 24.8 Å². The van der Waals surface area contributed by atoms with E-state index < -0.39 is 0 Å². The van der Waals surface area contributed by atoms with Crippen LogP contribution in [0.25, 0.3) is 0 Å². The van der Waals surface area contributed by atoms with Crippen molar-refractivity contribution >= 4 is 15.9 Å². The van der Waals surface area contributed by atoms with Gasteiger partial charge in [0.2, 0.25) is 0 Å². The average molecular weight is 288 g/mol. The number of rotatable bonds is 5. The van der Waals surface area contributed by atoms with Gasteiger partial charge in [0.05, 0.1) is 14.2 Å². The van der Waals surface area contributed by atoms with E-state index in [-0.39, 0.29) is 0 Å². The van der Waals surface area contributed by atoms with Crippen molar-refractivity contribution in [3.05, 3.63) is 22.2 Å². The van der Waals surface area contributed by atoms with Crippen LogP contribution in [0.2, 0.25) is 0 Å². The molecule has 90 valence electrons. The van der Waals surface area contributed by atoms with Gasteiger partial charge in [0.15, 0.2) is 11.5 Å². The molecule has 0 bridgehead atoms. The molecule has 0 saturated carbocycles. The predicted octanol–water partition coefficient (Wildman–Crippen LogP) is 2.92. The summed E-state index contributed by atoms with van der Waals surface area (Å²) in [4.78, 5) is 0. The molecule has 1 rings (SSSR count). The van der Waals surface area contributed by atoms with Crippen LogP contribution < -0.4 is 15.2 Å². The van der Waals surface area contributed by atoms with E-state index in [1.165, 1.54) is 0 Å². The van der Waals surface area contributed by atoms with E-state index >= 15 is 0 Å². The first kappa shape index (κ1) is 13.3. The summed E-state index contributed by atoms with van der Waals surface area (Å²) in [6.07, 6.45) is 0.927. The van der Waals surface area contributed by atoms with Crippen molar-refractivity contribution < 1.29 is 9.47 Å². The maximum atomic E-state index is 5.58. The Morgan fingerprint density at radius 3 is 2.50 bits per heavy atom. The van der Waals surface area contributed by atoms with Gasteiger partial charge in [-0.1, -0.05) is 22.9 Å². The van der Waals surface area contributed by atoms with Gasteiger partial charge in [0, 0.05) is 10.0 Å². The topological polar surface area (TPSA) is 44.5 Å². The van der Waals surface area contributed by atoms with Crippen molar-refractivity contribution in [3.8, 4) is 11.5 Å². The first-order chi connectivity index (χ1) is 7.63. The maximum absolute atomic E-state index is 5.58. The molecule has 16 heavy (non-hydrogen) atoms. The fraction of sp³-hybridized carbons (Fsp3) is 0.500. The van der Waals surface area contributed by atoms with Gasteiger partial charge >= 0.3 is 0 Å². The second-order valence-electron chi connectivity index (χ2n) is 3.71. The third kappa shape index (κ3) is 2.89. The van der Waals surface area contributed by atoms with Crippen LogP contribution in [0.3, 0.4) is 0 Å². The molecule has 1 aromatic carbocycles. The smallest absolute Gasteiger partial charge is 0.164 e. The summed E-state index contributed by atoms with van der Waals surface area (Å²) < 4.78 is 11.7. The number of hydrogen-bond donors (Lipinski definition) is 1. The van der Waals surface area contributed by atoms with Crippen molar-refractivity contribution in [1.82, 2.24) is 0 Å². The molecule has 1 atom stereocenters. The van der Waals surface area contributed by atoms with Crippen LogP contribution >= 0.6 is 15.9 Å². The minimum Gasteiger partial charge on any atom is -0.493 e. The van der Waals surface area contributed by atoms with Crippen LogP contribution in [-0.2, 0) is 0 Å². The Hall–Kier alpha value is -0.740. The molecule has 0 aliphatic carbocycles. The van der Waals surface area contributed by atoms with Gasteiger partial charge in [-0.15, -0.1) is 0 Å². The van der Waals surface area contributed by atoms with Gasteiger partial charge in [0.1, 0.15) is 0 Å². The maximum Gasteiger partial charge on any atom is 0.164 e. The molecule has 0 heterocycles. The molecule has 1 aromatic rings. The Bertz CT molecular complexity index is 355. The molecule has 0 aliphatic heterocycles. The fourth-order valence-electron chi connectivity index (χ4n) is 1.73. The minimum absolute atomic E-state index is 0.353. The van der Waals surface area contributed by atoms with Gasteiger partial charge in [-0.25, -0.2) is 0 Å². The molecule has 2 N–H and O–H groups in total. The molecule has 0 aliphatic rings. The van der Waals surface area contributed by atoms with E-state index in [0.717, 1.165) is 28.0 Å². The summed E-state index contributed by atoms with van der Waals surface area (Å²) in [5.74, 6) is 1.90. The first-order valence-electron chi connectivity index (χ1n) is 5.25. The highest BCUT2D eigenvalue weighted by molar-refractivity contribution is 9.10. The van der Waals surface area contributed by atoms with Gasteiger partial charge < -0.3 is 15.2 Å². The normalized spacial score (nSPS) is 12.3. The molecule has 0 saturated heterocycles. The van der Waals surface area contributed by atoms with Crippen molar-refractivity contribution in [2.75, 3.05) is 20.8 Å². The van der Waals surface area contributed by atoms with Crippen LogP contribution in [0.15, 0.2) is 16.6 Å². The molecule has 3 nitrogen and oxygen atoms in total. The first-order valence-corrected chi connectivity index (χ1v) is 6.04. The van der Waals surface area contributed by atoms with Crippen LogP contribution in [0, 0.1) is 0 Å². The Morgan fingerprint density at radius 1 is 1.31 bits per heavy atom. The second kappa shape index (κ2) is 6.11. The average Bonchev–Trinajstić information content (AvgIpc) is 2.28. The van der Waals surface area contributed by atoms with Gasteiger partial charge in [0.25, 0.3) is 0 Å². The van der Waals surface area contributed by atoms with Crippen molar-refractivity contribution in [3.63, 3.8) is 0 Å². The molecule has 0 aromatic heterocycles. The minimum atomic E-state index is 0.353. The number of halogens is 1. The van der Waals surface area contributed by atoms with E-state index in [1.807, 2.05) is 6.07 Å². The lowest BCUT2D eigenvalue weighted by Crippen LogP contribution is -2.06. The molecule has 0 spiro atoms. The standard InChI is InChI=1S/C12H18BrNO2/c1-8(4-5-14)10-6-9(13)7-11(15-2)12(10)16-3/h6-8H,4-5,14H2,1-3H3. The third-order valence-corrected chi connectivity index (χ3v) is 3.06. The number of hydrogen-bond acceptors (Lipinski definition) is 3. The van der Waals surface area contributed by atoms with Crippen molar-refractivity contribution in [2.24, 2.45) is 5.73 Å². The Balaban J connectivity index is 3.19. The number of nitrogens with two attached hydrogens (primary N) is 1. The Morgan fingerprint density at radius 2 is 2.00 bits per heavy atom. The second-order valence-corrected chi connectivity index (χ2v) is 4.62. The monoisotopic (exact) mass is 287 g/mol. The van der Waals surface area contributed by atoms with Gasteiger partial charge in [-0.3, -0.25) is 0 Å². The highest BCUT2D eigenvalue weighted by Gasteiger charge is 2.16. The SMILES string of the molecule is COc1cc(Br)cc(C(C)CCN)c1OC. The number of methoxy groups -OCH3 is 2. The zero-order chi connectivity index (χ0) is 12.1. The predicted molar refractivity (Wildman–Crippen MR) is 69.3 cm³/mol. The van der Waals surface area contributed by atoms with Crippen molar-refractivity contribution in [1.29, 1.82) is 0 Å². The lowest BCUT2D eigenvalue weighted by atomic mass is 9.96. The Kier molecular flexibility index (Phi) is 5.09. The molecular formula is C12H18BrNO2. The highest BCUT2D eigenvalue weighted by Crippen LogP contribution is 2.39. The quantitative estimate of drug-likeness (QED) is 0.906. The molecule has 0 radical (unpaired) electrons. The summed E-state index contributed by atoms with van der Waals surface area (Å²) in [6.45, 7) is 2.80. The van der Waals surface area contributed by atoms with E-state index in [0.29, 0.717) is 12.5 Å². The zero-order valence-corrected chi connectivity index (χ0v) is 11.5. The number of ether oxygens (including phenoxy) is 2. The largest absolute Gasteiger partial charge is 0.493 e. The third-order valence-electron chi connectivity index (χ3n) is 2.60. The van der Waals surface area contributed by atoms with Gasteiger partial charge in [-0.2, -0.15) is 0 Å². The van der Waals surface area contributed by atoms with E-state index in [4.69, 9.17) is 15.2 Å². The number of benzene rings is 1. The van der Waals surface area contributed by atoms with Gasteiger partial charge in [-0.05, 0) is 31.0 Å². The molecule has 1 unspecified atom stereocenters. The van der Waals surface area contributed by atoms with Crippen LogP contribution in [0.5, 0.6) is 11.5 Å². The van der Waals surface area contributed by atoms with Crippen LogP contribution in [-0.4, -0.2) is 20.8 Å². The summed E-state index contributed by atoms with van der Waals surface area (Å²) >= 11 is 3.47. The zero-order valence-electron chi connectivity index (χ0n) is 9.92. The molecular weight excluding hydrogens is 270 g/mol. The lowest BCUT2D eigenvalue weighted by Gasteiger charge is -2.18. The molecule has 0 fully saturated rings.